The molecule has 0 radical (unpaired) electrons. The number of para-hydroxylation sites is 1. The van der Waals surface area contributed by atoms with E-state index >= 15 is 0 Å². The van der Waals surface area contributed by atoms with Crippen LogP contribution in [0.5, 0.6) is 0 Å². The van der Waals surface area contributed by atoms with Crippen molar-refractivity contribution in [3.63, 3.8) is 0 Å². The van der Waals surface area contributed by atoms with Gasteiger partial charge in [0.1, 0.15) is 0 Å². The van der Waals surface area contributed by atoms with Crippen LogP contribution in [0.15, 0.2) is 47.4 Å². The Morgan fingerprint density at radius 1 is 0.981 bits per heavy atom. The molecular weight excluding hydrogens is 697 g/mol. The number of amides is 2. The van der Waals surface area contributed by atoms with Crippen LogP contribution in [0.25, 0.3) is 21.9 Å². The van der Waals surface area contributed by atoms with E-state index in [1.165, 1.54) is 13.1 Å². The minimum absolute atomic E-state index is 0.0615. The Balaban J connectivity index is 1.07. The Morgan fingerprint density at radius 2 is 1.69 bits per heavy atom. The molecule has 3 saturated heterocycles. The number of carbonyl (C=O) groups is 2. The molecule has 4 aromatic rings. The second-order valence-electron chi connectivity index (χ2n) is 14.1. The number of nitrogens with zero attached hydrogens (tertiary/aromatic N) is 5. The minimum atomic E-state index is -4.67. The van der Waals surface area contributed by atoms with Crippen LogP contribution < -0.4 is 16.3 Å². The third-order valence-corrected chi connectivity index (χ3v) is 11.4. The molecule has 3 fully saturated rings. The zero-order valence-corrected chi connectivity index (χ0v) is 29.9. The highest BCUT2D eigenvalue weighted by molar-refractivity contribution is 6.33. The van der Waals surface area contributed by atoms with Crippen molar-refractivity contribution in [1.82, 2.24) is 34.6 Å². The molecule has 11 nitrogen and oxygen atoms in total. The molecule has 7 rings (SSSR count). The number of hydrogen-bond acceptors (Lipinski definition) is 7. The summed E-state index contributed by atoms with van der Waals surface area (Å²) in [5.74, 6) is -1.34. The van der Waals surface area contributed by atoms with Crippen molar-refractivity contribution in [2.45, 2.75) is 56.8 Å². The molecule has 0 aliphatic carbocycles. The lowest BCUT2D eigenvalue weighted by molar-refractivity contribution is -0.143. The maximum atomic E-state index is 14.2. The number of nitrogens with one attached hydrogen (secondary N) is 3. The molecule has 0 spiro atoms. The smallest absolute Gasteiger partial charge is 0.386 e. The number of rotatable bonds is 8. The number of halogens is 4. The summed E-state index contributed by atoms with van der Waals surface area (Å²) in [7, 11) is 1.38. The summed E-state index contributed by atoms with van der Waals surface area (Å²) in [6.07, 6.45) is -0.0163. The SMILES string of the molecule is CNc1c(Cl)cc(C[C@@H](CC(=O)N2CCC(n3c(=O)[nH]c4c5ccccc5ncc43)CC2)C(=O)N2CCN(C3CCNCC3)CC2)cc1C(F)(F)F. The standard InChI is InChI=1S/C37H44ClF3N8O3/c1-42-34-28(37(39,40)41)19-23(20-29(34)38)18-24(35(51)48-16-14-46(15-17-48)25-6-10-43-11-7-25)21-32(50)47-12-8-26(9-13-47)49-31-22-44-30-5-3-2-4-27(30)33(31)45-36(49)52/h2-5,19-20,22,24-26,42-43H,6-18,21H2,1H3,(H,45,52)/t24-/m0/s1. The summed E-state index contributed by atoms with van der Waals surface area (Å²) >= 11 is 6.33. The summed E-state index contributed by atoms with van der Waals surface area (Å²) in [4.78, 5) is 54.7. The van der Waals surface area contributed by atoms with Crippen LogP contribution in [0.2, 0.25) is 5.02 Å². The van der Waals surface area contributed by atoms with Crippen molar-refractivity contribution in [3.05, 3.63) is 69.2 Å². The zero-order chi connectivity index (χ0) is 36.6. The monoisotopic (exact) mass is 740 g/mol. The molecule has 2 aromatic carbocycles. The van der Waals surface area contributed by atoms with Crippen LogP contribution in [0.1, 0.15) is 49.3 Å². The Bertz CT molecular complexity index is 1990. The number of fused-ring (bicyclic) bond motifs is 3. The molecule has 1 atom stereocenters. The van der Waals surface area contributed by atoms with Gasteiger partial charge in [0.05, 0.1) is 44.9 Å². The zero-order valence-electron chi connectivity index (χ0n) is 29.1. The van der Waals surface area contributed by atoms with Crippen molar-refractivity contribution in [1.29, 1.82) is 0 Å². The molecule has 2 amide bonds. The normalized spacial score (nSPS) is 19.0. The summed E-state index contributed by atoms with van der Waals surface area (Å²) in [6, 6.07) is 10.4. The van der Waals surface area contributed by atoms with Crippen LogP contribution in [-0.2, 0) is 22.2 Å². The van der Waals surface area contributed by atoms with Crippen molar-refractivity contribution in [2.75, 3.05) is 64.7 Å². The molecule has 278 valence electrons. The lowest BCUT2D eigenvalue weighted by Crippen LogP contribution is -2.55. The van der Waals surface area contributed by atoms with E-state index < -0.39 is 17.7 Å². The van der Waals surface area contributed by atoms with E-state index in [2.05, 4.69) is 25.5 Å². The molecule has 3 aliphatic heterocycles. The third-order valence-electron chi connectivity index (χ3n) is 11.1. The van der Waals surface area contributed by atoms with Gasteiger partial charge in [-0.3, -0.25) is 24.0 Å². The molecule has 2 aromatic heterocycles. The predicted molar refractivity (Wildman–Crippen MR) is 195 cm³/mol. The number of H-pyrrole nitrogens is 1. The van der Waals surface area contributed by atoms with Gasteiger partial charge >= 0.3 is 11.9 Å². The number of pyridine rings is 1. The first-order valence-electron chi connectivity index (χ1n) is 18.1. The van der Waals surface area contributed by atoms with Crippen LogP contribution in [0.3, 0.4) is 0 Å². The van der Waals surface area contributed by atoms with Crippen molar-refractivity contribution in [2.24, 2.45) is 5.92 Å². The minimum Gasteiger partial charge on any atom is -0.386 e. The van der Waals surface area contributed by atoms with Gasteiger partial charge in [0.2, 0.25) is 11.8 Å². The number of aromatic amines is 1. The van der Waals surface area contributed by atoms with E-state index in [1.54, 1.807) is 20.6 Å². The first kappa shape index (κ1) is 36.2. The Kier molecular flexibility index (Phi) is 10.5. The number of imidazole rings is 1. The van der Waals surface area contributed by atoms with Gasteiger partial charge in [-0.25, -0.2) is 4.79 Å². The second kappa shape index (κ2) is 15.1. The topological polar surface area (TPSA) is 119 Å². The largest absolute Gasteiger partial charge is 0.418 e. The quantitative estimate of drug-likeness (QED) is 0.235. The molecule has 0 saturated carbocycles. The molecule has 15 heteroatoms. The Morgan fingerprint density at radius 3 is 2.38 bits per heavy atom. The number of aromatic nitrogens is 3. The highest BCUT2D eigenvalue weighted by Crippen LogP contribution is 2.40. The predicted octanol–water partition coefficient (Wildman–Crippen LogP) is 4.90. The molecule has 3 N–H and O–H groups in total. The fraction of sp³-hybridized carbons (Fsp3) is 0.514. The van der Waals surface area contributed by atoms with Crippen LogP contribution >= 0.6 is 11.6 Å². The maximum absolute atomic E-state index is 14.2. The van der Waals surface area contributed by atoms with Crippen LogP contribution in [0, 0.1) is 5.92 Å². The first-order chi connectivity index (χ1) is 25.0. The van der Waals surface area contributed by atoms with E-state index in [0.29, 0.717) is 63.7 Å². The van der Waals surface area contributed by atoms with Crippen molar-refractivity contribution in [3.8, 4) is 0 Å². The molecule has 0 bridgehead atoms. The maximum Gasteiger partial charge on any atom is 0.418 e. The summed E-state index contributed by atoms with van der Waals surface area (Å²) < 4.78 is 43.9. The van der Waals surface area contributed by atoms with Gasteiger partial charge < -0.3 is 25.4 Å². The fourth-order valence-electron chi connectivity index (χ4n) is 8.32. The van der Waals surface area contributed by atoms with Gasteiger partial charge in [-0.05, 0) is 69.0 Å². The van der Waals surface area contributed by atoms with E-state index in [0.717, 1.165) is 48.4 Å². The van der Waals surface area contributed by atoms with Crippen molar-refractivity contribution < 1.29 is 22.8 Å². The van der Waals surface area contributed by atoms with Gasteiger partial charge in [0.25, 0.3) is 0 Å². The Labute approximate surface area is 304 Å². The van der Waals surface area contributed by atoms with E-state index in [9.17, 15) is 27.6 Å². The lowest BCUT2D eigenvalue weighted by Gasteiger charge is -2.41. The highest BCUT2D eigenvalue weighted by Gasteiger charge is 2.37. The number of carbonyl (C=O) groups excluding carboxylic acids is 2. The fourth-order valence-corrected chi connectivity index (χ4v) is 8.66. The average molecular weight is 741 g/mol. The number of anilines is 1. The molecular formula is C37H44ClF3N8O3. The lowest BCUT2D eigenvalue weighted by atomic mass is 9.91. The third kappa shape index (κ3) is 7.38. The average Bonchev–Trinajstić information content (AvgIpc) is 3.50. The number of piperidine rings is 2. The second-order valence-corrected chi connectivity index (χ2v) is 14.6. The van der Waals surface area contributed by atoms with Gasteiger partial charge in [-0.1, -0.05) is 29.8 Å². The van der Waals surface area contributed by atoms with Gasteiger partial charge in [-0.15, -0.1) is 0 Å². The first-order valence-corrected chi connectivity index (χ1v) is 18.5. The Hall–Kier alpha value is -4.14. The van der Waals surface area contributed by atoms with E-state index in [-0.39, 0.29) is 52.7 Å². The summed E-state index contributed by atoms with van der Waals surface area (Å²) in [6.45, 7) is 5.10. The number of piperazine rings is 1. The number of likely N-dealkylation sites (tertiary alicyclic amines) is 1. The van der Waals surface area contributed by atoms with E-state index in [4.69, 9.17) is 11.6 Å². The molecule has 52 heavy (non-hydrogen) atoms. The van der Waals surface area contributed by atoms with Crippen LogP contribution in [-0.4, -0.2) is 106 Å². The van der Waals surface area contributed by atoms with Gasteiger partial charge in [-0.2, -0.15) is 13.2 Å². The highest BCUT2D eigenvalue weighted by atomic mass is 35.5. The molecule has 0 unspecified atom stereocenters. The number of alkyl halides is 3. The van der Waals surface area contributed by atoms with Crippen LogP contribution in [0.4, 0.5) is 18.9 Å². The van der Waals surface area contributed by atoms with E-state index in [1.807, 2.05) is 24.3 Å². The van der Waals surface area contributed by atoms with Gasteiger partial charge in [0.15, 0.2) is 0 Å². The van der Waals surface area contributed by atoms with Crippen molar-refractivity contribution >= 4 is 51.0 Å². The number of benzene rings is 2. The molecule has 5 heterocycles. The number of hydrogen-bond donors (Lipinski definition) is 3. The summed E-state index contributed by atoms with van der Waals surface area (Å²) in [5.41, 5.74) is 1.09. The molecule has 3 aliphatic rings. The summed E-state index contributed by atoms with van der Waals surface area (Å²) in [5, 5.41) is 6.68. The van der Waals surface area contributed by atoms with Gasteiger partial charge in [0, 0.05) is 70.2 Å².